The van der Waals surface area contributed by atoms with Gasteiger partial charge in [0.2, 0.25) is 10.0 Å². The van der Waals surface area contributed by atoms with Crippen molar-refractivity contribution in [1.29, 1.82) is 0 Å². The molecule has 2 aromatic rings. The number of carbonyl (C=O) groups is 1. The number of sulfonamides is 1. The minimum Gasteiger partial charge on any atom is -0.373 e. The number of nitrogens with zero attached hydrogens (tertiary/aromatic N) is 2. The smallest absolute Gasteiger partial charge is 0.269 e. The van der Waals surface area contributed by atoms with Crippen molar-refractivity contribution in [3.05, 3.63) is 40.5 Å². The first-order valence-electron chi connectivity index (χ1n) is 8.97. The molecule has 1 amide bonds. The summed E-state index contributed by atoms with van der Waals surface area (Å²) in [6.07, 6.45) is -0.287. The van der Waals surface area contributed by atoms with Crippen molar-refractivity contribution in [3.63, 3.8) is 0 Å². The molecule has 2 atom stereocenters. The fourth-order valence-electron chi connectivity index (χ4n) is 3.08. The summed E-state index contributed by atoms with van der Waals surface area (Å²) in [6.45, 7) is 4.38. The number of amides is 1. The lowest BCUT2D eigenvalue weighted by molar-refractivity contribution is -0.0440. The molecule has 0 radical (unpaired) electrons. The first kappa shape index (κ1) is 21.0. The Morgan fingerprint density at radius 1 is 1.29 bits per heavy atom. The van der Waals surface area contributed by atoms with Gasteiger partial charge < -0.3 is 10.1 Å². The second-order valence-corrected chi connectivity index (χ2v) is 9.82. The van der Waals surface area contributed by atoms with E-state index < -0.39 is 15.9 Å². The van der Waals surface area contributed by atoms with Crippen molar-refractivity contribution in [1.82, 2.24) is 19.8 Å². The second kappa shape index (κ2) is 8.73. The number of aromatic amines is 1. The van der Waals surface area contributed by atoms with E-state index in [0.717, 1.165) is 10.0 Å². The predicted molar refractivity (Wildman–Crippen MR) is 109 cm³/mol. The molecule has 0 saturated carbocycles. The zero-order valence-electron chi connectivity index (χ0n) is 15.7. The third-order valence-corrected chi connectivity index (χ3v) is 6.72. The van der Waals surface area contributed by atoms with Gasteiger partial charge in [-0.3, -0.25) is 9.89 Å². The highest BCUT2D eigenvalue weighted by molar-refractivity contribution is 9.10. The zero-order valence-corrected chi connectivity index (χ0v) is 18.1. The van der Waals surface area contributed by atoms with Crippen LogP contribution in [0.2, 0.25) is 0 Å². The minimum atomic E-state index is -3.46. The number of aromatic nitrogens is 2. The number of hydrogen-bond donors (Lipinski definition) is 2. The van der Waals surface area contributed by atoms with Gasteiger partial charge in [0.05, 0.1) is 23.7 Å². The molecule has 1 aromatic heterocycles. The Hall–Kier alpha value is -1.75. The summed E-state index contributed by atoms with van der Waals surface area (Å²) in [6, 6.07) is 9.19. The Morgan fingerprint density at radius 3 is 2.57 bits per heavy atom. The molecule has 0 aliphatic carbocycles. The van der Waals surface area contributed by atoms with Crippen molar-refractivity contribution in [2.45, 2.75) is 26.1 Å². The van der Waals surface area contributed by atoms with E-state index in [1.165, 1.54) is 4.31 Å². The number of carbonyl (C=O) groups excluding carboxylic acids is 1. The van der Waals surface area contributed by atoms with Crippen LogP contribution in [0, 0.1) is 0 Å². The average molecular weight is 471 g/mol. The van der Waals surface area contributed by atoms with Gasteiger partial charge in [0.1, 0.15) is 5.69 Å². The second-order valence-electron chi connectivity index (χ2n) is 6.82. The zero-order chi connectivity index (χ0) is 20.3. The van der Waals surface area contributed by atoms with Gasteiger partial charge >= 0.3 is 0 Å². The summed E-state index contributed by atoms with van der Waals surface area (Å²) in [5, 5.41) is 9.47. The van der Waals surface area contributed by atoms with Crippen LogP contribution in [0.5, 0.6) is 0 Å². The summed E-state index contributed by atoms with van der Waals surface area (Å²) in [7, 11) is -3.46. The van der Waals surface area contributed by atoms with Crippen LogP contribution in [-0.4, -0.2) is 66.4 Å². The lowest BCUT2D eigenvalue weighted by Crippen LogP contribution is -2.49. The molecule has 1 aliphatic rings. The van der Waals surface area contributed by atoms with Crippen LogP contribution in [0.3, 0.4) is 0 Å². The minimum absolute atomic E-state index is 0.0217. The number of hydrogen-bond acceptors (Lipinski definition) is 5. The van der Waals surface area contributed by atoms with E-state index in [1.54, 1.807) is 6.07 Å². The van der Waals surface area contributed by atoms with Crippen molar-refractivity contribution in [2.75, 3.05) is 25.4 Å². The van der Waals surface area contributed by atoms with E-state index in [4.69, 9.17) is 4.74 Å². The third-order valence-electron chi connectivity index (χ3n) is 4.39. The van der Waals surface area contributed by atoms with Gasteiger partial charge in [0, 0.05) is 29.7 Å². The topological polar surface area (TPSA) is 104 Å². The molecule has 152 valence electrons. The molecule has 28 heavy (non-hydrogen) atoms. The number of nitrogens with one attached hydrogen (secondary N) is 2. The number of morpholine rings is 1. The fraction of sp³-hybridized carbons (Fsp3) is 0.444. The quantitative estimate of drug-likeness (QED) is 0.671. The van der Waals surface area contributed by atoms with E-state index in [1.807, 2.05) is 38.1 Å². The van der Waals surface area contributed by atoms with Crippen LogP contribution in [0.4, 0.5) is 0 Å². The summed E-state index contributed by atoms with van der Waals surface area (Å²) in [5.74, 6) is -0.555. The molecule has 2 heterocycles. The molecule has 2 N–H and O–H groups in total. The Labute approximate surface area is 172 Å². The van der Waals surface area contributed by atoms with Crippen LogP contribution in [0.1, 0.15) is 24.3 Å². The maximum atomic E-state index is 12.5. The van der Waals surface area contributed by atoms with Gasteiger partial charge in [-0.05, 0) is 32.0 Å². The molecular weight excluding hydrogens is 448 g/mol. The number of ether oxygens (including phenoxy) is 1. The lowest BCUT2D eigenvalue weighted by Gasteiger charge is -2.34. The molecule has 8 nitrogen and oxygen atoms in total. The van der Waals surface area contributed by atoms with Crippen molar-refractivity contribution in [2.24, 2.45) is 0 Å². The van der Waals surface area contributed by atoms with Crippen molar-refractivity contribution in [3.8, 4) is 11.3 Å². The molecule has 1 aliphatic heterocycles. The van der Waals surface area contributed by atoms with Crippen LogP contribution in [-0.2, 0) is 14.8 Å². The maximum absolute atomic E-state index is 12.5. The Bertz CT molecular complexity index is 919. The Morgan fingerprint density at radius 2 is 1.93 bits per heavy atom. The highest BCUT2D eigenvalue weighted by atomic mass is 79.9. The molecule has 2 unspecified atom stereocenters. The summed E-state index contributed by atoms with van der Waals surface area (Å²) in [4.78, 5) is 12.3. The Balaban J connectivity index is 1.55. The van der Waals surface area contributed by atoms with E-state index in [-0.39, 0.29) is 30.2 Å². The summed E-state index contributed by atoms with van der Waals surface area (Å²) >= 11 is 3.37. The highest BCUT2D eigenvalue weighted by Crippen LogP contribution is 2.20. The molecule has 0 spiro atoms. The molecule has 0 bridgehead atoms. The average Bonchev–Trinajstić information content (AvgIpc) is 3.11. The van der Waals surface area contributed by atoms with Gasteiger partial charge in [0.25, 0.3) is 5.91 Å². The van der Waals surface area contributed by atoms with Gasteiger partial charge in [0.15, 0.2) is 0 Å². The molecular formula is C18H23BrN4O4S. The first-order valence-corrected chi connectivity index (χ1v) is 11.4. The van der Waals surface area contributed by atoms with Crippen molar-refractivity contribution >= 4 is 31.9 Å². The van der Waals surface area contributed by atoms with E-state index in [2.05, 4.69) is 31.4 Å². The van der Waals surface area contributed by atoms with Gasteiger partial charge in [-0.1, -0.05) is 28.1 Å². The third kappa shape index (κ3) is 5.19. The molecule has 1 aromatic carbocycles. The van der Waals surface area contributed by atoms with Gasteiger partial charge in [-0.15, -0.1) is 0 Å². The number of halogens is 1. The van der Waals surface area contributed by atoms with Crippen LogP contribution < -0.4 is 5.32 Å². The molecule has 10 heteroatoms. The maximum Gasteiger partial charge on any atom is 0.269 e. The van der Waals surface area contributed by atoms with Gasteiger partial charge in [-0.2, -0.15) is 9.40 Å². The van der Waals surface area contributed by atoms with E-state index in [9.17, 15) is 13.2 Å². The van der Waals surface area contributed by atoms with Crippen LogP contribution in [0.25, 0.3) is 11.3 Å². The first-order chi connectivity index (χ1) is 13.2. The molecule has 1 fully saturated rings. The number of rotatable bonds is 6. The summed E-state index contributed by atoms with van der Waals surface area (Å²) in [5.41, 5.74) is 1.79. The van der Waals surface area contributed by atoms with Crippen LogP contribution in [0.15, 0.2) is 34.8 Å². The highest BCUT2D eigenvalue weighted by Gasteiger charge is 2.30. The lowest BCUT2D eigenvalue weighted by atomic mass is 10.1. The Kier molecular flexibility index (Phi) is 6.54. The normalized spacial score (nSPS) is 20.8. The molecule has 1 saturated heterocycles. The SMILES string of the molecule is CC1CN(S(=O)(=O)CCNC(=O)c2cc(-c3ccc(Br)cc3)n[nH]2)CC(C)O1. The largest absolute Gasteiger partial charge is 0.373 e. The summed E-state index contributed by atoms with van der Waals surface area (Å²) < 4.78 is 33.0. The van der Waals surface area contributed by atoms with Crippen molar-refractivity contribution < 1.29 is 17.9 Å². The number of benzene rings is 1. The standard InChI is InChI=1S/C18H23BrN4O4S/c1-12-10-23(11-13(2)27-12)28(25,26)8-7-20-18(24)17-9-16(21-22-17)14-3-5-15(19)6-4-14/h3-6,9,12-13H,7-8,10-11H2,1-2H3,(H,20,24)(H,21,22). The van der Waals surface area contributed by atoms with E-state index in [0.29, 0.717) is 18.8 Å². The fourth-order valence-corrected chi connectivity index (χ4v) is 4.84. The molecule has 3 rings (SSSR count). The number of H-pyrrole nitrogens is 1. The van der Waals surface area contributed by atoms with E-state index >= 15 is 0 Å². The van der Waals surface area contributed by atoms with Crippen LogP contribution >= 0.6 is 15.9 Å². The van der Waals surface area contributed by atoms with Gasteiger partial charge in [-0.25, -0.2) is 8.42 Å². The monoisotopic (exact) mass is 470 g/mol. The predicted octanol–water partition coefficient (Wildman–Crippen LogP) is 2.01.